The van der Waals surface area contributed by atoms with Crippen LogP contribution in [0.3, 0.4) is 0 Å². The van der Waals surface area contributed by atoms with Gasteiger partial charge >= 0.3 is 7.82 Å². The largest absolute Gasteiger partial charge is 0.493 e. The summed E-state index contributed by atoms with van der Waals surface area (Å²) < 4.78 is 41.0. The topological polar surface area (TPSA) is 181 Å². The van der Waals surface area contributed by atoms with Gasteiger partial charge in [-0.05, 0) is 43.5 Å². The fourth-order valence-electron chi connectivity index (χ4n) is 5.49. The maximum atomic E-state index is 13.4. The molecule has 0 radical (unpaired) electrons. The molecule has 17 heteroatoms. The number of hydrogen-bond acceptors (Lipinski definition) is 11. The van der Waals surface area contributed by atoms with Gasteiger partial charge in [0.25, 0.3) is 5.91 Å². The number of rotatable bonds is 15. The Hall–Kier alpha value is -3.98. The lowest BCUT2D eigenvalue weighted by atomic mass is 9.94. The monoisotopic (exact) mass is 703 g/mol. The van der Waals surface area contributed by atoms with E-state index in [4.69, 9.17) is 35.4 Å². The number of anilines is 3. The van der Waals surface area contributed by atoms with Crippen molar-refractivity contribution in [3.63, 3.8) is 0 Å². The van der Waals surface area contributed by atoms with Gasteiger partial charge in [-0.25, -0.2) is 28.9 Å². The van der Waals surface area contributed by atoms with Gasteiger partial charge in [-0.1, -0.05) is 30.9 Å². The van der Waals surface area contributed by atoms with Gasteiger partial charge in [-0.3, -0.25) is 19.5 Å². The third kappa shape index (κ3) is 9.78. The number of benzene rings is 2. The predicted molar refractivity (Wildman–Crippen MR) is 177 cm³/mol. The van der Waals surface area contributed by atoms with Crippen molar-refractivity contribution < 1.29 is 37.5 Å². The smallest absolute Gasteiger partial charge is 0.469 e. The number of carbonyl (C=O) groups excluding carboxylic acids is 1. The third-order valence-electron chi connectivity index (χ3n) is 7.82. The van der Waals surface area contributed by atoms with Gasteiger partial charge in [0, 0.05) is 36.1 Å². The van der Waals surface area contributed by atoms with Crippen LogP contribution in [0.5, 0.6) is 11.5 Å². The Kier molecular flexibility index (Phi) is 12.1. The maximum absolute atomic E-state index is 13.4. The summed E-state index contributed by atoms with van der Waals surface area (Å²) in [6, 6.07) is 7.51. The Balaban J connectivity index is 1.20. The molecular weight excluding hydrogens is 668 g/mol. The lowest BCUT2D eigenvalue weighted by Gasteiger charge is -2.34. The highest BCUT2D eigenvalue weighted by atomic mass is 35.5. The van der Waals surface area contributed by atoms with Crippen LogP contribution in [0.4, 0.5) is 21.8 Å². The van der Waals surface area contributed by atoms with Crippen molar-refractivity contribution in [2.75, 3.05) is 44.0 Å². The van der Waals surface area contributed by atoms with Gasteiger partial charge in [0.1, 0.15) is 18.0 Å². The van der Waals surface area contributed by atoms with Crippen molar-refractivity contribution in [3.8, 4) is 11.5 Å². The van der Waals surface area contributed by atoms with E-state index in [-0.39, 0.29) is 23.1 Å². The highest BCUT2D eigenvalue weighted by Crippen LogP contribution is 2.36. The van der Waals surface area contributed by atoms with Crippen LogP contribution in [0.2, 0.25) is 5.02 Å². The molecule has 4 N–H and O–H groups in total. The molecule has 4 aromatic rings. The van der Waals surface area contributed by atoms with Gasteiger partial charge in [0.15, 0.2) is 11.5 Å². The van der Waals surface area contributed by atoms with E-state index in [1.807, 2.05) is 0 Å². The first-order valence-electron chi connectivity index (χ1n) is 15.3. The van der Waals surface area contributed by atoms with Crippen molar-refractivity contribution in [2.24, 2.45) is 0 Å². The zero-order valence-corrected chi connectivity index (χ0v) is 27.8. The summed E-state index contributed by atoms with van der Waals surface area (Å²) in [6.07, 6.45) is 10.6. The van der Waals surface area contributed by atoms with Crippen molar-refractivity contribution in [1.82, 2.24) is 24.8 Å². The summed E-state index contributed by atoms with van der Waals surface area (Å²) in [5.41, 5.74) is 1.25. The SMILES string of the molecule is COc1cc2c(Nc3cnc(NC(=O)c4ccc(F)c(Cl)c4)nc3)ncnc2cc1OCCCN(CCOP(=O)(O)O)C1CCCCC1. The molecule has 0 unspecified atom stereocenters. The molecular formula is C31H36ClFN7O7P. The fraction of sp³-hybridized carbons (Fsp3) is 0.387. The predicted octanol–water partition coefficient (Wildman–Crippen LogP) is 5.73. The normalized spacial score (nSPS) is 13.9. The lowest BCUT2D eigenvalue weighted by Crippen LogP contribution is -2.40. The van der Waals surface area contributed by atoms with Crippen LogP contribution < -0.4 is 20.1 Å². The number of amides is 1. The molecule has 48 heavy (non-hydrogen) atoms. The van der Waals surface area contributed by atoms with Crippen LogP contribution in [-0.4, -0.2) is 80.0 Å². The number of aromatic nitrogens is 4. The van der Waals surface area contributed by atoms with E-state index in [1.165, 1.54) is 44.4 Å². The standard InChI is InChI=1S/C31H36ClFN7O7P/c1-45-27-15-23-26(16-28(27)46-12-5-10-40(11-13-47-48(42,43)44)22-6-3-2-4-7-22)36-19-37-29(23)38-21-17-34-31(35-18-21)39-30(41)20-8-9-25(33)24(32)14-20/h8-9,14-19,22H,2-7,10-13H2,1H3,(H,36,37,38)(H2,42,43,44)(H,34,35,39,41). The number of carbonyl (C=O) groups is 1. The summed E-state index contributed by atoms with van der Waals surface area (Å²) in [4.78, 5) is 50.0. The van der Waals surface area contributed by atoms with E-state index in [2.05, 4.69) is 35.5 Å². The zero-order chi connectivity index (χ0) is 34.1. The van der Waals surface area contributed by atoms with Crippen molar-refractivity contribution in [2.45, 2.75) is 44.6 Å². The van der Waals surface area contributed by atoms with Gasteiger partial charge in [0.2, 0.25) is 5.95 Å². The Morgan fingerprint density at radius 2 is 1.81 bits per heavy atom. The molecule has 1 fully saturated rings. The number of halogens is 2. The minimum absolute atomic E-state index is 0.0401. The Bertz CT molecular complexity index is 1760. The van der Waals surface area contributed by atoms with E-state index in [1.54, 1.807) is 12.1 Å². The highest BCUT2D eigenvalue weighted by Gasteiger charge is 2.22. The first kappa shape index (κ1) is 35.3. The molecule has 2 aromatic heterocycles. The van der Waals surface area contributed by atoms with Crippen LogP contribution in [-0.2, 0) is 9.09 Å². The van der Waals surface area contributed by atoms with E-state index in [9.17, 15) is 13.8 Å². The van der Waals surface area contributed by atoms with Gasteiger partial charge in [-0.15, -0.1) is 0 Å². The van der Waals surface area contributed by atoms with E-state index >= 15 is 0 Å². The summed E-state index contributed by atoms with van der Waals surface area (Å²) in [7, 11) is -2.98. The maximum Gasteiger partial charge on any atom is 0.469 e. The molecule has 1 aliphatic carbocycles. The van der Waals surface area contributed by atoms with Crippen LogP contribution in [0.1, 0.15) is 48.9 Å². The lowest BCUT2D eigenvalue weighted by molar-refractivity contribution is 0.102. The molecule has 0 saturated heterocycles. The molecule has 0 aliphatic heterocycles. The Morgan fingerprint density at radius 3 is 2.52 bits per heavy atom. The minimum Gasteiger partial charge on any atom is -0.493 e. The van der Waals surface area contributed by atoms with Crippen LogP contribution in [0.15, 0.2) is 49.1 Å². The first-order valence-corrected chi connectivity index (χ1v) is 17.3. The van der Waals surface area contributed by atoms with Crippen LogP contribution >= 0.6 is 19.4 Å². The second kappa shape index (κ2) is 16.4. The quantitative estimate of drug-likeness (QED) is 0.0871. The molecule has 2 heterocycles. The molecule has 1 amide bonds. The number of methoxy groups -OCH3 is 1. The number of nitrogens with zero attached hydrogens (tertiary/aromatic N) is 5. The fourth-order valence-corrected chi connectivity index (χ4v) is 5.99. The van der Waals surface area contributed by atoms with Gasteiger partial charge in [-0.2, -0.15) is 0 Å². The number of ether oxygens (including phenoxy) is 2. The molecule has 1 aliphatic rings. The Morgan fingerprint density at radius 1 is 1.04 bits per heavy atom. The molecule has 0 atom stereocenters. The molecule has 1 saturated carbocycles. The van der Waals surface area contributed by atoms with Crippen LogP contribution in [0, 0.1) is 5.82 Å². The van der Waals surface area contributed by atoms with Crippen LogP contribution in [0.25, 0.3) is 10.9 Å². The number of fused-ring (bicyclic) bond motifs is 1. The third-order valence-corrected chi connectivity index (χ3v) is 8.63. The van der Waals surface area contributed by atoms with Crippen molar-refractivity contribution in [3.05, 3.63) is 65.5 Å². The number of nitrogens with one attached hydrogen (secondary N) is 2. The van der Waals surface area contributed by atoms with Gasteiger partial charge < -0.3 is 24.6 Å². The molecule has 256 valence electrons. The second-order valence-electron chi connectivity index (χ2n) is 11.1. The number of phosphoric acid groups is 1. The summed E-state index contributed by atoms with van der Waals surface area (Å²) >= 11 is 5.77. The van der Waals surface area contributed by atoms with E-state index in [0.717, 1.165) is 31.7 Å². The zero-order valence-electron chi connectivity index (χ0n) is 26.1. The average molecular weight is 704 g/mol. The second-order valence-corrected chi connectivity index (χ2v) is 12.7. The Labute approximate surface area is 281 Å². The summed E-state index contributed by atoms with van der Waals surface area (Å²) in [6.45, 7) is 1.45. The summed E-state index contributed by atoms with van der Waals surface area (Å²) in [5, 5.41) is 6.18. The van der Waals surface area contributed by atoms with Crippen molar-refractivity contribution >= 4 is 53.7 Å². The van der Waals surface area contributed by atoms with E-state index in [0.29, 0.717) is 66.1 Å². The molecule has 5 rings (SSSR count). The summed E-state index contributed by atoms with van der Waals surface area (Å²) in [5.74, 6) is 0.326. The minimum atomic E-state index is -4.52. The van der Waals surface area contributed by atoms with Gasteiger partial charge in [0.05, 0.1) is 48.9 Å². The molecule has 0 bridgehead atoms. The van der Waals surface area contributed by atoms with Crippen molar-refractivity contribution in [1.29, 1.82) is 0 Å². The number of hydrogen-bond donors (Lipinski definition) is 4. The average Bonchev–Trinajstić information content (AvgIpc) is 3.07. The number of phosphoric ester groups is 1. The highest BCUT2D eigenvalue weighted by molar-refractivity contribution is 7.46. The first-order chi connectivity index (χ1) is 23.1. The molecule has 2 aromatic carbocycles. The van der Waals surface area contributed by atoms with E-state index < -0.39 is 19.5 Å². The molecule has 0 spiro atoms. The molecule has 14 nitrogen and oxygen atoms in total.